The summed E-state index contributed by atoms with van der Waals surface area (Å²) >= 11 is 5.90. The van der Waals surface area contributed by atoms with E-state index in [1.54, 1.807) is 27.7 Å². The van der Waals surface area contributed by atoms with E-state index in [2.05, 4.69) is 9.97 Å². The van der Waals surface area contributed by atoms with Gasteiger partial charge in [0.05, 0.1) is 6.54 Å². The van der Waals surface area contributed by atoms with E-state index in [-0.39, 0.29) is 17.6 Å². The molecule has 0 radical (unpaired) electrons. The molecule has 0 aromatic carbocycles. The largest absolute Gasteiger partial charge is 0.471 e. The van der Waals surface area contributed by atoms with Crippen molar-refractivity contribution < 1.29 is 18.7 Å². The van der Waals surface area contributed by atoms with Crippen molar-refractivity contribution in [3.8, 4) is 5.88 Å². The topological polar surface area (TPSA) is 64.6 Å². The number of alkyl halides is 1. The van der Waals surface area contributed by atoms with Gasteiger partial charge in [0, 0.05) is 18.5 Å². The number of hydrogen-bond donors (Lipinski definition) is 0. The van der Waals surface area contributed by atoms with Crippen molar-refractivity contribution in [2.45, 2.75) is 52.0 Å². The maximum Gasteiger partial charge on any atom is 0.410 e. The number of amides is 1. The van der Waals surface area contributed by atoms with Crippen molar-refractivity contribution in [3.05, 3.63) is 17.0 Å². The minimum Gasteiger partial charge on any atom is -0.471 e. The molecule has 1 aliphatic heterocycles. The monoisotopic (exact) mass is 345 g/mol. The van der Waals surface area contributed by atoms with Gasteiger partial charge in [-0.2, -0.15) is 0 Å². The van der Waals surface area contributed by atoms with Gasteiger partial charge >= 0.3 is 6.09 Å². The van der Waals surface area contributed by atoms with E-state index in [9.17, 15) is 9.18 Å². The van der Waals surface area contributed by atoms with E-state index < -0.39 is 24.0 Å². The molecule has 6 nitrogen and oxygen atoms in total. The molecule has 128 valence electrons. The maximum atomic E-state index is 14.4. The van der Waals surface area contributed by atoms with Crippen molar-refractivity contribution in [2.24, 2.45) is 0 Å². The van der Waals surface area contributed by atoms with Gasteiger partial charge in [-0.3, -0.25) is 0 Å². The third kappa shape index (κ3) is 4.67. The predicted molar refractivity (Wildman–Crippen MR) is 83.5 cm³/mol. The molecular weight excluding hydrogens is 325 g/mol. The van der Waals surface area contributed by atoms with Crippen molar-refractivity contribution in [3.63, 3.8) is 0 Å². The van der Waals surface area contributed by atoms with Crippen LogP contribution in [-0.2, 0) is 4.74 Å². The lowest BCUT2D eigenvalue weighted by atomic mass is 10.1. The van der Waals surface area contributed by atoms with Crippen LogP contribution in [-0.4, -0.2) is 51.9 Å². The first-order valence-corrected chi connectivity index (χ1v) is 7.81. The Kier molecular flexibility index (Phi) is 5.29. The zero-order valence-corrected chi connectivity index (χ0v) is 14.4. The number of piperidine rings is 1. The normalized spacial score (nSPS) is 21.9. The molecule has 8 heteroatoms. The van der Waals surface area contributed by atoms with Gasteiger partial charge in [0.2, 0.25) is 5.88 Å². The maximum absolute atomic E-state index is 14.4. The molecule has 1 aromatic heterocycles. The molecule has 1 amide bonds. The molecule has 0 unspecified atom stereocenters. The Labute approximate surface area is 139 Å². The summed E-state index contributed by atoms with van der Waals surface area (Å²) in [7, 11) is 0. The number of aromatic nitrogens is 2. The summed E-state index contributed by atoms with van der Waals surface area (Å²) in [6.45, 7) is 7.32. The van der Waals surface area contributed by atoms with Crippen LogP contribution in [0.2, 0.25) is 5.15 Å². The predicted octanol–water partition coefficient (Wildman–Crippen LogP) is 3.16. The van der Waals surface area contributed by atoms with Gasteiger partial charge in [0.25, 0.3) is 0 Å². The number of ether oxygens (including phenoxy) is 2. The molecule has 1 aliphatic rings. The van der Waals surface area contributed by atoms with Crippen LogP contribution in [0.15, 0.2) is 6.33 Å². The SMILES string of the molecule is Cc1c(Cl)ncnc1O[C@H]1CCN(C(=O)OC(C)(C)C)C[C@H]1F. The quantitative estimate of drug-likeness (QED) is 0.770. The van der Waals surface area contributed by atoms with Gasteiger partial charge in [0.15, 0.2) is 6.17 Å². The Balaban J connectivity index is 1.96. The number of nitrogens with zero attached hydrogens (tertiary/aromatic N) is 3. The van der Waals surface area contributed by atoms with E-state index in [4.69, 9.17) is 21.1 Å². The Hall–Kier alpha value is -1.63. The van der Waals surface area contributed by atoms with Crippen LogP contribution in [0.5, 0.6) is 5.88 Å². The Morgan fingerprint density at radius 3 is 2.74 bits per heavy atom. The fourth-order valence-corrected chi connectivity index (χ4v) is 2.31. The average Bonchev–Trinajstić information content (AvgIpc) is 2.44. The molecule has 0 bridgehead atoms. The number of carbonyl (C=O) groups is 1. The summed E-state index contributed by atoms with van der Waals surface area (Å²) in [5.41, 5.74) is -0.0404. The van der Waals surface area contributed by atoms with Crippen LogP contribution in [0.1, 0.15) is 32.8 Å². The highest BCUT2D eigenvalue weighted by Crippen LogP contribution is 2.25. The van der Waals surface area contributed by atoms with Crippen molar-refractivity contribution in [2.75, 3.05) is 13.1 Å². The fraction of sp³-hybridized carbons (Fsp3) is 0.667. The molecule has 1 aromatic rings. The highest BCUT2D eigenvalue weighted by atomic mass is 35.5. The molecule has 0 saturated carbocycles. The smallest absolute Gasteiger partial charge is 0.410 e. The molecular formula is C15H21ClFN3O3. The number of carbonyl (C=O) groups excluding carboxylic acids is 1. The number of hydrogen-bond acceptors (Lipinski definition) is 5. The third-order valence-corrected chi connectivity index (χ3v) is 3.75. The van der Waals surface area contributed by atoms with Crippen LogP contribution < -0.4 is 4.74 Å². The fourth-order valence-electron chi connectivity index (χ4n) is 2.18. The van der Waals surface area contributed by atoms with Crippen LogP contribution in [0.4, 0.5) is 9.18 Å². The Morgan fingerprint density at radius 1 is 1.43 bits per heavy atom. The van der Waals surface area contributed by atoms with Gasteiger partial charge in [0.1, 0.15) is 23.2 Å². The van der Waals surface area contributed by atoms with E-state index in [1.807, 2.05) is 0 Å². The van der Waals surface area contributed by atoms with Crippen molar-refractivity contribution in [1.29, 1.82) is 0 Å². The highest BCUT2D eigenvalue weighted by Gasteiger charge is 2.35. The molecule has 0 aliphatic carbocycles. The van der Waals surface area contributed by atoms with E-state index in [0.29, 0.717) is 18.5 Å². The van der Waals surface area contributed by atoms with Gasteiger partial charge in [-0.1, -0.05) is 11.6 Å². The minimum atomic E-state index is -1.33. The number of likely N-dealkylation sites (tertiary alicyclic amines) is 1. The Morgan fingerprint density at radius 2 is 2.13 bits per heavy atom. The van der Waals surface area contributed by atoms with E-state index in [1.165, 1.54) is 11.2 Å². The summed E-state index contributed by atoms with van der Waals surface area (Å²) in [4.78, 5) is 21.2. The van der Waals surface area contributed by atoms with Crippen LogP contribution >= 0.6 is 11.6 Å². The lowest BCUT2D eigenvalue weighted by molar-refractivity contribution is -0.0116. The molecule has 0 spiro atoms. The molecule has 1 saturated heterocycles. The van der Waals surface area contributed by atoms with Crippen LogP contribution in [0.3, 0.4) is 0 Å². The minimum absolute atomic E-state index is 0.0720. The second kappa shape index (κ2) is 6.86. The molecule has 0 N–H and O–H groups in total. The summed E-state index contributed by atoms with van der Waals surface area (Å²) in [5, 5.41) is 0.275. The summed E-state index contributed by atoms with van der Waals surface area (Å²) in [6, 6.07) is 0. The van der Waals surface area contributed by atoms with Gasteiger partial charge in [-0.05, 0) is 27.7 Å². The van der Waals surface area contributed by atoms with Gasteiger partial charge < -0.3 is 14.4 Å². The molecule has 1 fully saturated rings. The zero-order chi connectivity index (χ0) is 17.2. The molecule has 2 atom stereocenters. The van der Waals surface area contributed by atoms with E-state index in [0.717, 1.165) is 0 Å². The lowest BCUT2D eigenvalue weighted by Gasteiger charge is -2.35. The van der Waals surface area contributed by atoms with E-state index >= 15 is 0 Å². The first kappa shape index (κ1) is 17.7. The van der Waals surface area contributed by atoms with Crippen molar-refractivity contribution in [1.82, 2.24) is 14.9 Å². The summed E-state index contributed by atoms with van der Waals surface area (Å²) < 4.78 is 25.2. The Bertz CT molecular complexity index is 580. The van der Waals surface area contributed by atoms with Crippen LogP contribution in [0, 0.1) is 6.92 Å². The molecule has 2 heterocycles. The number of rotatable bonds is 2. The first-order valence-electron chi connectivity index (χ1n) is 7.43. The first-order chi connectivity index (χ1) is 10.7. The lowest BCUT2D eigenvalue weighted by Crippen LogP contribution is -2.50. The average molecular weight is 346 g/mol. The summed E-state index contributed by atoms with van der Waals surface area (Å²) in [6.07, 6.45) is -0.905. The molecule has 2 rings (SSSR count). The zero-order valence-electron chi connectivity index (χ0n) is 13.7. The standard InChI is InChI=1S/C15H21ClFN3O3/c1-9-12(16)18-8-19-13(9)22-11-5-6-20(7-10(11)17)14(21)23-15(2,3)4/h8,10-11H,5-7H2,1-4H3/t10-,11+/m1/s1. The highest BCUT2D eigenvalue weighted by molar-refractivity contribution is 6.30. The second-order valence-corrected chi connectivity index (χ2v) is 6.84. The van der Waals surface area contributed by atoms with Gasteiger partial charge in [-0.25, -0.2) is 19.2 Å². The third-order valence-electron chi connectivity index (χ3n) is 3.37. The number of halogens is 2. The molecule has 23 heavy (non-hydrogen) atoms. The van der Waals surface area contributed by atoms with Crippen molar-refractivity contribution >= 4 is 17.7 Å². The summed E-state index contributed by atoms with van der Waals surface area (Å²) in [5.74, 6) is 0.267. The van der Waals surface area contributed by atoms with Gasteiger partial charge in [-0.15, -0.1) is 0 Å². The second-order valence-electron chi connectivity index (χ2n) is 6.48. The van der Waals surface area contributed by atoms with Crippen LogP contribution in [0.25, 0.3) is 0 Å².